The second-order valence-corrected chi connectivity index (χ2v) is 17.0. The van der Waals surface area contributed by atoms with Crippen LogP contribution < -0.4 is 0 Å². The largest absolute Gasteiger partial charge is 0.309 e. The lowest BCUT2D eigenvalue weighted by molar-refractivity contribution is 0.769. The summed E-state index contributed by atoms with van der Waals surface area (Å²) in [5, 5.41) is 5.97. The van der Waals surface area contributed by atoms with Gasteiger partial charge >= 0.3 is 0 Å². The number of pyridine rings is 1. The average Bonchev–Trinajstić information content (AvgIpc) is 3.88. The maximum absolute atomic E-state index is 5.49. The van der Waals surface area contributed by atoms with Crippen molar-refractivity contribution in [2.45, 2.75) is 5.41 Å². The lowest BCUT2D eigenvalue weighted by Crippen LogP contribution is -2.28. The van der Waals surface area contributed by atoms with Crippen LogP contribution in [0.4, 0.5) is 0 Å². The van der Waals surface area contributed by atoms with Crippen molar-refractivity contribution in [3.8, 4) is 50.3 Å². The van der Waals surface area contributed by atoms with Crippen molar-refractivity contribution in [3.63, 3.8) is 0 Å². The van der Waals surface area contributed by atoms with Crippen LogP contribution in [-0.2, 0) is 5.41 Å². The molecule has 0 bridgehead atoms. The van der Waals surface area contributed by atoms with E-state index in [0.29, 0.717) is 0 Å². The monoisotopic (exact) mass is 812 g/mol. The standard InChI is InChI=1S/C62H40N2/c1-5-17-43(18-6-1)60-54-38-37-52-51-26-14-16-28-58(51)64(48-23-11-4-12-24-48)61(52)59(54)53-36-34-45(40-57(53)63-60)42-31-29-41(30-32-42)44-33-35-50-49-25-13-15-27-55(49)62(56(50)39-44,46-19-7-2-8-20-46)47-21-9-3-10-22-47/h1-40H. The Hall–Kier alpha value is -8.33. The lowest BCUT2D eigenvalue weighted by Gasteiger charge is -2.34. The zero-order valence-corrected chi connectivity index (χ0v) is 35.0. The Morgan fingerprint density at radius 2 is 0.875 bits per heavy atom. The molecule has 13 rings (SSSR count). The summed E-state index contributed by atoms with van der Waals surface area (Å²) in [6.07, 6.45) is 0. The summed E-state index contributed by atoms with van der Waals surface area (Å²) in [6.45, 7) is 0. The molecule has 1 aliphatic rings. The van der Waals surface area contributed by atoms with Gasteiger partial charge in [-0.25, -0.2) is 4.98 Å². The van der Waals surface area contributed by atoms with Gasteiger partial charge in [0.25, 0.3) is 0 Å². The fourth-order valence-corrected chi connectivity index (χ4v) is 10.9. The van der Waals surface area contributed by atoms with Gasteiger partial charge in [0.05, 0.1) is 27.7 Å². The Labute approximate surface area is 372 Å². The second-order valence-electron chi connectivity index (χ2n) is 17.0. The van der Waals surface area contributed by atoms with Gasteiger partial charge < -0.3 is 4.57 Å². The Morgan fingerprint density at radius 1 is 0.344 bits per heavy atom. The number of aromatic nitrogens is 2. The Bertz CT molecular complexity index is 3700. The van der Waals surface area contributed by atoms with Gasteiger partial charge in [-0.1, -0.05) is 212 Å². The van der Waals surface area contributed by atoms with Gasteiger partial charge in [0, 0.05) is 38.2 Å². The molecular weight excluding hydrogens is 773 g/mol. The highest BCUT2D eigenvalue weighted by Crippen LogP contribution is 2.56. The van der Waals surface area contributed by atoms with E-state index in [9.17, 15) is 0 Å². The van der Waals surface area contributed by atoms with Gasteiger partial charge in [0.1, 0.15) is 0 Å². The van der Waals surface area contributed by atoms with Gasteiger partial charge in [-0.3, -0.25) is 0 Å². The predicted octanol–water partition coefficient (Wildman–Crippen LogP) is 15.8. The van der Waals surface area contributed by atoms with Gasteiger partial charge in [-0.15, -0.1) is 0 Å². The van der Waals surface area contributed by atoms with Gasteiger partial charge in [-0.2, -0.15) is 0 Å². The summed E-state index contributed by atoms with van der Waals surface area (Å²) >= 11 is 0. The third-order valence-electron chi connectivity index (χ3n) is 13.7. The fourth-order valence-electron chi connectivity index (χ4n) is 10.9. The van der Waals surface area contributed by atoms with E-state index in [0.717, 1.165) is 44.4 Å². The van der Waals surface area contributed by atoms with Crippen LogP contribution >= 0.6 is 0 Å². The molecule has 0 aliphatic heterocycles. The molecule has 0 saturated heterocycles. The number of rotatable bonds is 6. The summed E-state index contributed by atoms with van der Waals surface area (Å²) in [4.78, 5) is 5.49. The molecule has 10 aromatic carbocycles. The minimum absolute atomic E-state index is 0.438. The number of fused-ring (bicyclic) bond motifs is 10. The Morgan fingerprint density at radius 3 is 1.59 bits per heavy atom. The Kier molecular flexibility index (Phi) is 8.16. The van der Waals surface area contributed by atoms with Crippen molar-refractivity contribution in [3.05, 3.63) is 265 Å². The molecule has 12 aromatic rings. The number of benzene rings is 10. The second kappa shape index (κ2) is 14.4. The Balaban J connectivity index is 0.971. The first-order valence-electron chi connectivity index (χ1n) is 22.1. The molecule has 2 aromatic heterocycles. The molecule has 0 spiro atoms. The van der Waals surface area contributed by atoms with Gasteiger partial charge in [0.2, 0.25) is 0 Å². The molecule has 1 aliphatic carbocycles. The lowest BCUT2D eigenvalue weighted by atomic mass is 9.67. The van der Waals surface area contributed by atoms with Crippen LogP contribution in [0.2, 0.25) is 0 Å². The van der Waals surface area contributed by atoms with E-state index in [1.54, 1.807) is 0 Å². The van der Waals surface area contributed by atoms with Crippen molar-refractivity contribution in [2.75, 3.05) is 0 Å². The quantitative estimate of drug-likeness (QED) is 0.153. The molecule has 2 nitrogen and oxygen atoms in total. The maximum Gasteiger partial charge on any atom is 0.0788 e. The number of nitrogens with zero attached hydrogens (tertiary/aromatic N) is 2. The fraction of sp³-hybridized carbons (Fsp3) is 0.0161. The molecule has 0 amide bonds. The summed E-state index contributed by atoms with van der Waals surface area (Å²) in [6, 6.07) is 88.7. The molecule has 0 N–H and O–H groups in total. The van der Waals surface area contributed by atoms with E-state index in [2.05, 4.69) is 247 Å². The third kappa shape index (κ3) is 5.36. The number of para-hydroxylation sites is 2. The van der Waals surface area contributed by atoms with E-state index in [1.807, 2.05) is 0 Å². The van der Waals surface area contributed by atoms with Crippen LogP contribution in [0.1, 0.15) is 22.3 Å². The summed E-state index contributed by atoms with van der Waals surface area (Å²) in [5.41, 5.74) is 18.6. The minimum Gasteiger partial charge on any atom is -0.309 e. The van der Waals surface area contributed by atoms with Crippen LogP contribution in [0.5, 0.6) is 0 Å². The van der Waals surface area contributed by atoms with Gasteiger partial charge in [0.15, 0.2) is 0 Å². The average molecular weight is 813 g/mol. The normalized spacial score (nSPS) is 12.8. The number of hydrogen-bond donors (Lipinski definition) is 0. The van der Waals surface area contributed by atoms with Crippen molar-refractivity contribution in [1.29, 1.82) is 0 Å². The molecule has 64 heavy (non-hydrogen) atoms. The summed E-state index contributed by atoms with van der Waals surface area (Å²) in [5.74, 6) is 0. The molecule has 0 saturated carbocycles. The molecule has 0 unspecified atom stereocenters. The highest BCUT2D eigenvalue weighted by atomic mass is 15.0. The van der Waals surface area contributed by atoms with Crippen LogP contribution in [0.25, 0.3) is 93.8 Å². The zero-order chi connectivity index (χ0) is 42.2. The van der Waals surface area contributed by atoms with E-state index < -0.39 is 5.41 Å². The van der Waals surface area contributed by atoms with Crippen molar-refractivity contribution < 1.29 is 0 Å². The molecule has 2 heterocycles. The smallest absolute Gasteiger partial charge is 0.0788 e. The van der Waals surface area contributed by atoms with Crippen LogP contribution in [0.3, 0.4) is 0 Å². The van der Waals surface area contributed by atoms with E-state index in [-0.39, 0.29) is 0 Å². The van der Waals surface area contributed by atoms with Crippen molar-refractivity contribution in [2.24, 2.45) is 0 Å². The van der Waals surface area contributed by atoms with Crippen molar-refractivity contribution >= 4 is 43.5 Å². The van der Waals surface area contributed by atoms with E-state index >= 15 is 0 Å². The summed E-state index contributed by atoms with van der Waals surface area (Å²) in [7, 11) is 0. The topological polar surface area (TPSA) is 17.8 Å². The highest BCUT2D eigenvalue weighted by Gasteiger charge is 2.46. The first-order chi connectivity index (χ1) is 31.8. The molecule has 0 fully saturated rings. The highest BCUT2D eigenvalue weighted by molar-refractivity contribution is 6.27. The zero-order valence-electron chi connectivity index (χ0n) is 35.0. The molecular formula is C62H40N2. The minimum atomic E-state index is -0.438. The van der Waals surface area contributed by atoms with E-state index in [1.165, 1.54) is 71.7 Å². The molecule has 0 radical (unpaired) electrons. The third-order valence-corrected chi connectivity index (χ3v) is 13.7. The van der Waals surface area contributed by atoms with Crippen LogP contribution in [0.15, 0.2) is 243 Å². The molecule has 2 heteroatoms. The van der Waals surface area contributed by atoms with Crippen LogP contribution in [-0.4, -0.2) is 9.55 Å². The molecule has 0 atom stereocenters. The SMILES string of the molecule is c1ccc(-c2nc3cc(-c4ccc(-c5ccc6c(c5)C(c5ccccc5)(c5ccccc5)c5ccccc5-6)cc4)ccc3c3c2ccc2c4ccccc4n(-c4ccccc4)c23)cc1. The van der Waals surface area contributed by atoms with E-state index in [4.69, 9.17) is 4.98 Å². The maximum atomic E-state index is 5.49. The first kappa shape index (κ1) is 36.3. The first-order valence-corrected chi connectivity index (χ1v) is 22.1. The molecule has 298 valence electrons. The summed E-state index contributed by atoms with van der Waals surface area (Å²) < 4.78 is 2.44. The van der Waals surface area contributed by atoms with Gasteiger partial charge in [-0.05, 0) is 86.0 Å². The number of hydrogen-bond acceptors (Lipinski definition) is 1. The van der Waals surface area contributed by atoms with Crippen LogP contribution in [0, 0.1) is 0 Å². The van der Waals surface area contributed by atoms with Crippen molar-refractivity contribution in [1.82, 2.24) is 9.55 Å². The predicted molar refractivity (Wildman–Crippen MR) is 267 cm³/mol.